The van der Waals surface area contributed by atoms with Gasteiger partial charge in [0, 0.05) is 12.7 Å². The minimum atomic E-state index is -0.440. The predicted molar refractivity (Wildman–Crippen MR) is 56.4 cm³/mol. The zero-order valence-electron chi connectivity index (χ0n) is 7.65. The van der Waals surface area contributed by atoms with Gasteiger partial charge in [-0.1, -0.05) is 18.2 Å². The van der Waals surface area contributed by atoms with E-state index in [4.69, 9.17) is 5.73 Å². The van der Waals surface area contributed by atoms with Gasteiger partial charge in [0.25, 0.3) is 0 Å². The second kappa shape index (κ2) is 4.72. The maximum absolute atomic E-state index is 10.8. The highest BCUT2D eigenvalue weighted by Gasteiger charge is 2.07. The molecule has 4 heteroatoms. The van der Waals surface area contributed by atoms with E-state index in [1.165, 1.54) is 4.90 Å². The largest absolute Gasteiger partial charge is 0.351 e. The number of aryl methyl sites for hydroxylation is 1. The molecule has 0 unspecified atom stereocenters. The van der Waals surface area contributed by atoms with E-state index < -0.39 is 6.03 Å². The molecule has 3 nitrogen and oxygen atoms in total. The zero-order chi connectivity index (χ0) is 9.14. The summed E-state index contributed by atoms with van der Waals surface area (Å²) in [5.41, 5.74) is 7.02. The van der Waals surface area contributed by atoms with Crippen molar-refractivity contribution in [3.63, 3.8) is 0 Å². The number of para-hydroxylation sites is 1. The van der Waals surface area contributed by atoms with Crippen LogP contribution in [-0.4, -0.2) is 13.1 Å². The third kappa shape index (κ3) is 2.63. The topological polar surface area (TPSA) is 46.3 Å². The van der Waals surface area contributed by atoms with Crippen LogP contribution in [0.5, 0.6) is 0 Å². The fraction of sp³-hybridized carbons (Fsp3) is 0.222. The van der Waals surface area contributed by atoms with Gasteiger partial charge in [0.15, 0.2) is 0 Å². The number of hydrogen-bond acceptors (Lipinski definition) is 1. The van der Waals surface area contributed by atoms with Crippen LogP contribution in [0.1, 0.15) is 5.56 Å². The lowest BCUT2D eigenvalue weighted by atomic mass is 10.2. The molecule has 0 saturated heterocycles. The zero-order valence-corrected chi connectivity index (χ0v) is 8.47. The normalized spacial score (nSPS) is 8.77. The molecule has 0 aliphatic carbocycles. The van der Waals surface area contributed by atoms with E-state index in [9.17, 15) is 4.79 Å². The molecule has 0 aromatic heterocycles. The molecule has 1 aromatic carbocycles. The van der Waals surface area contributed by atoms with Crippen LogP contribution in [0.4, 0.5) is 10.5 Å². The maximum atomic E-state index is 10.8. The van der Waals surface area contributed by atoms with E-state index >= 15 is 0 Å². The van der Waals surface area contributed by atoms with Crippen LogP contribution < -0.4 is 10.6 Å². The molecule has 0 spiro atoms. The minimum absolute atomic E-state index is 0. The first-order valence-corrected chi connectivity index (χ1v) is 3.71. The van der Waals surface area contributed by atoms with Gasteiger partial charge in [-0.2, -0.15) is 0 Å². The molecule has 2 amide bonds. The molecule has 1 rings (SSSR count). The number of anilines is 1. The van der Waals surface area contributed by atoms with Crippen molar-refractivity contribution >= 4 is 24.1 Å². The first kappa shape index (κ1) is 11.8. The van der Waals surface area contributed by atoms with Gasteiger partial charge in [0.1, 0.15) is 0 Å². The number of rotatable bonds is 1. The fourth-order valence-corrected chi connectivity index (χ4v) is 1.06. The van der Waals surface area contributed by atoms with Crippen LogP contribution in [0.25, 0.3) is 0 Å². The predicted octanol–water partition coefficient (Wildman–Crippen LogP) is 1.93. The highest BCUT2D eigenvalue weighted by molar-refractivity contribution is 5.90. The maximum Gasteiger partial charge on any atom is 0.319 e. The Labute approximate surface area is 83.9 Å². The van der Waals surface area contributed by atoms with Crippen molar-refractivity contribution in [3.8, 4) is 0 Å². The number of halogens is 1. The monoisotopic (exact) mass is 200 g/mol. The molecule has 0 bridgehead atoms. The van der Waals surface area contributed by atoms with Gasteiger partial charge in [-0.25, -0.2) is 4.79 Å². The Kier molecular flexibility index (Phi) is 4.28. The van der Waals surface area contributed by atoms with E-state index in [2.05, 4.69) is 0 Å². The Bertz CT molecular complexity index is 301. The second-order valence-electron chi connectivity index (χ2n) is 2.68. The Morgan fingerprint density at radius 3 is 2.38 bits per heavy atom. The van der Waals surface area contributed by atoms with E-state index in [-0.39, 0.29) is 12.4 Å². The van der Waals surface area contributed by atoms with Gasteiger partial charge in [-0.3, -0.25) is 4.90 Å². The van der Waals surface area contributed by atoms with Crippen molar-refractivity contribution in [1.29, 1.82) is 0 Å². The number of amides is 2. The van der Waals surface area contributed by atoms with Gasteiger partial charge in [-0.05, 0) is 18.6 Å². The smallest absolute Gasteiger partial charge is 0.319 e. The molecule has 0 aliphatic heterocycles. The molecule has 2 N–H and O–H groups in total. The van der Waals surface area contributed by atoms with Gasteiger partial charge in [0.2, 0.25) is 0 Å². The number of carbonyl (C=O) groups is 1. The average molecular weight is 201 g/mol. The van der Waals surface area contributed by atoms with Crippen LogP contribution in [0, 0.1) is 6.92 Å². The number of primary amides is 1. The molecular formula is C9H13ClN2O. The van der Waals surface area contributed by atoms with Gasteiger partial charge in [-0.15, -0.1) is 12.4 Å². The number of nitrogens with zero attached hydrogens (tertiary/aromatic N) is 1. The molecular weight excluding hydrogens is 188 g/mol. The minimum Gasteiger partial charge on any atom is -0.351 e. The number of benzene rings is 1. The molecule has 13 heavy (non-hydrogen) atoms. The number of nitrogens with two attached hydrogens (primary N) is 1. The van der Waals surface area contributed by atoms with E-state index in [1.807, 2.05) is 31.2 Å². The Hall–Kier alpha value is -1.22. The SMILES string of the molecule is Cc1ccccc1N(C)C(N)=O.Cl. The van der Waals surface area contributed by atoms with Crippen LogP contribution in [-0.2, 0) is 0 Å². The summed E-state index contributed by atoms with van der Waals surface area (Å²) in [7, 11) is 1.66. The fourth-order valence-electron chi connectivity index (χ4n) is 1.06. The molecule has 0 heterocycles. The first-order valence-electron chi connectivity index (χ1n) is 3.71. The van der Waals surface area contributed by atoms with Crippen molar-refractivity contribution in [2.24, 2.45) is 5.73 Å². The third-order valence-corrected chi connectivity index (χ3v) is 1.81. The molecule has 0 saturated carbocycles. The van der Waals surface area contributed by atoms with Crippen molar-refractivity contribution in [3.05, 3.63) is 29.8 Å². The summed E-state index contributed by atoms with van der Waals surface area (Å²) < 4.78 is 0. The van der Waals surface area contributed by atoms with Crippen LogP contribution in [0.15, 0.2) is 24.3 Å². The summed E-state index contributed by atoms with van der Waals surface area (Å²) in [5.74, 6) is 0. The van der Waals surface area contributed by atoms with Crippen molar-refractivity contribution < 1.29 is 4.79 Å². The molecule has 72 valence electrons. The van der Waals surface area contributed by atoms with Crippen LogP contribution in [0.2, 0.25) is 0 Å². The Balaban J connectivity index is 0.00000144. The van der Waals surface area contributed by atoms with Gasteiger partial charge >= 0.3 is 6.03 Å². The van der Waals surface area contributed by atoms with Gasteiger partial charge < -0.3 is 5.73 Å². The summed E-state index contributed by atoms with van der Waals surface area (Å²) in [4.78, 5) is 12.2. The Morgan fingerprint density at radius 2 is 1.92 bits per heavy atom. The van der Waals surface area contributed by atoms with Crippen molar-refractivity contribution in [2.45, 2.75) is 6.92 Å². The lowest BCUT2D eigenvalue weighted by molar-refractivity contribution is 0.255. The quantitative estimate of drug-likeness (QED) is 0.740. The molecule has 0 aliphatic rings. The summed E-state index contributed by atoms with van der Waals surface area (Å²) in [5, 5.41) is 0. The summed E-state index contributed by atoms with van der Waals surface area (Å²) in [6.45, 7) is 1.94. The average Bonchev–Trinajstić information content (AvgIpc) is 2.04. The summed E-state index contributed by atoms with van der Waals surface area (Å²) >= 11 is 0. The lowest BCUT2D eigenvalue weighted by Gasteiger charge is -2.16. The van der Waals surface area contributed by atoms with E-state index in [1.54, 1.807) is 7.05 Å². The van der Waals surface area contributed by atoms with Gasteiger partial charge in [0.05, 0.1) is 0 Å². The second-order valence-corrected chi connectivity index (χ2v) is 2.68. The number of urea groups is 1. The number of hydrogen-bond donors (Lipinski definition) is 1. The van der Waals surface area contributed by atoms with Crippen molar-refractivity contribution in [2.75, 3.05) is 11.9 Å². The van der Waals surface area contributed by atoms with Crippen LogP contribution in [0.3, 0.4) is 0 Å². The molecule has 0 radical (unpaired) electrons. The lowest BCUT2D eigenvalue weighted by Crippen LogP contribution is -2.32. The first-order chi connectivity index (χ1) is 5.63. The molecule has 1 aromatic rings. The highest BCUT2D eigenvalue weighted by Crippen LogP contribution is 2.16. The number of carbonyl (C=O) groups excluding carboxylic acids is 1. The molecule has 0 fully saturated rings. The van der Waals surface area contributed by atoms with E-state index in [0.29, 0.717) is 0 Å². The Morgan fingerprint density at radius 1 is 1.38 bits per heavy atom. The van der Waals surface area contributed by atoms with Crippen LogP contribution >= 0.6 is 12.4 Å². The van der Waals surface area contributed by atoms with E-state index in [0.717, 1.165) is 11.3 Å². The molecule has 0 atom stereocenters. The third-order valence-electron chi connectivity index (χ3n) is 1.81. The highest BCUT2D eigenvalue weighted by atomic mass is 35.5. The van der Waals surface area contributed by atoms with Crippen molar-refractivity contribution in [1.82, 2.24) is 0 Å². The summed E-state index contributed by atoms with van der Waals surface area (Å²) in [6, 6.07) is 7.16. The standard InChI is InChI=1S/C9H12N2O.ClH/c1-7-5-3-4-6-8(7)11(2)9(10)12;/h3-6H,1-2H3,(H2,10,12);1H. The summed E-state index contributed by atoms with van der Waals surface area (Å²) in [6.07, 6.45) is 0.